The molecule has 1 atom stereocenters. The van der Waals surface area contributed by atoms with E-state index in [4.69, 9.17) is 38.4 Å². The van der Waals surface area contributed by atoms with Gasteiger partial charge in [-0.1, -0.05) is 43.5 Å². The minimum atomic E-state index is -1.08. The standard InChI is InChI=1S/C23H30Cl2N4O6.C3H8/c1-5-34-20(31)10-9-18(23(33)35-6-2)29-19(30)12-27-22(32)21(13(3)26)14(4)28-15-7-8-16(24)17(25)11-15;1-3-2/h7-8,11,18H,5-6,9-10,12,26H2,1-4H3,(H,27,32)(H,29,30);3H2,1-2H3/b21-13+,28-14?;. The van der Waals surface area contributed by atoms with Gasteiger partial charge >= 0.3 is 11.9 Å². The zero-order valence-electron chi connectivity index (χ0n) is 22.8. The molecule has 0 aliphatic rings. The van der Waals surface area contributed by atoms with Crippen LogP contribution in [0.15, 0.2) is 34.5 Å². The average molecular weight is 574 g/mol. The maximum Gasteiger partial charge on any atom is 0.328 e. The van der Waals surface area contributed by atoms with Gasteiger partial charge in [0.2, 0.25) is 5.91 Å². The lowest BCUT2D eigenvalue weighted by Gasteiger charge is -2.17. The quantitative estimate of drug-likeness (QED) is 0.192. The van der Waals surface area contributed by atoms with Crippen LogP contribution in [0.2, 0.25) is 10.0 Å². The Labute approximate surface area is 234 Å². The Bertz CT molecular complexity index is 1020. The Morgan fingerprint density at radius 3 is 2.13 bits per heavy atom. The van der Waals surface area contributed by atoms with E-state index in [1.54, 1.807) is 32.9 Å². The first kappa shape index (κ1) is 34.9. The summed E-state index contributed by atoms with van der Waals surface area (Å²) in [5.74, 6) is -2.50. The van der Waals surface area contributed by atoms with E-state index >= 15 is 0 Å². The van der Waals surface area contributed by atoms with Crippen molar-refractivity contribution < 1.29 is 28.7 Å². The van der Waals surface area contributed by atoms with Crippen molar-refractivity contribution in [2.75, 3.05) is 19.8 Å². The van der Waals surface area contributed by atoms with Crippen LogP contribution in [0.1, 0.15) is 60.8 Å². The Morgan fingerprint density at radius 2 is 1.61 bits per heavy atom. The highest BCUT2D eigenvalue weighted by Gasteiger charge is 2.24. The molecule has 212 valence electrons. The van der Waals surface area contributed by atoms with Gasteiger partial charge in [-0.15, -0.1) is 0 Å². The number of nitrogens with one attached hydrogen (secondary N) is 2. The summed E-state index contributed by atoms with van der Waals surface area (Å²) in [6.45, 7) is 10.5. The number of nitrogens with two attached hydrogens (primary N) is 1. The lowest BCUT2D eigenvalue weighted by atomic mass is 10.1. The van der Waals surface area contributed by atoms with E-state index in [0.29, 0.717) is 21.4 Å². The summed E-state index contributed by atoms with van der Waals surface area (Å²) in [5.41, 5.74) is 6.89. The second-order valence-electron chi connectivity index (χ2n) is 7.96. The van der Waals surface area contributed by atoms with E-state index in [2.05, 4.69) is 29.5 Å². The zero-order chi connectivity index (χ0) is 29.3. The maximum atomic E-state index is 12.7. The van der Waals surface area contributed by atoms with Crippen LogP contribution in [0.4, 0.5) is 5.69 Å². The number of rotatable bonds is 12. The minimum absolute atomic E-state index is 0.0141. The molecule has 0 saturated carbocycles. The van der Waals surface area contributed by atoms with Crippen molar-refractivity contribution in [2.24, 2.45) is 10.7 Å². The highest BCUT2D eigenvalue weighted by Crippen LogP contribution is 2.27. The monoisotopic (exact) mass is 572 g/mol. The number of benzene rings is 1. The van der Waals surface area contributed by atoms with Gasteiger partial charge in [-0.05, 0) is 52.3 Å². The molecular formula is C26H38Cl2N4O6. The summed E-state index contributed by atoms with van der Waals surface area (Å²) in [4.78, 5) is 53.3. The third-order valence-corrected chi connectivity index (χ3v) is 5.18. The van der Waals surface area contributed by atoms with E-state index < -0.39 is 36.3 Å². The van der Waals surface area contributed by atoms with Crippen molar-refractivity contribution in [3.8, 4) is 0 Å². The molecule has 0 heterocycles. The number of halogens is 2. The molecule has 1 rings (SSSR count). The fourth-order valence-corrected chi connectivity index (χ4v) is 3.21. The smallest absolute Gasteiger partial charge is 0.328 e. The number of amides is 2. The van der Waals surface area contributed by atoms with Gasteiger partial charge in [0.1, 0.15) is 6.04 Å². The Morgan fingerprint density at radius 1 is 1.00 bits per heavy atom. The van der Waals surface area contributed by atoms with E-state index in [1.807, 2.05) is 0 Å². The summed E-state index contributed by atoms with van der Waals surface area (Å²) in [7, 11) is 0. The number of esters is 2. The van der Waals surface area contributed by atoms with Crippen LogP contribution in [0.5, 0.6) is 0 Å². The normalized spacial score (nSPS) is 12.3. The van der Waals surface area contributed by atoms with Crippen LogP contribution < -0.4 is 16.4 Å². The van der Waals surface area contributed by atoms with E-state index in [9.17, 15) is 19.2 Å². The molecule has 1 aromatic rings. The lowest BCUT2D eigenvalue weighted by Crippen LogP contribution is -2.47. The first-order valence-electron chi connectivity index (χ1n) is 12.3. The van der Waals surface area contributed by atoms with Gasteiger partial charge in [0, 0.05) is 12.1 Å². The Balaban J connectivity index is 0.00000434. The number of carbonyl (C=O) groups is 4. The SMILES string of the molecule is CCC.CCOC(=O)CCC(NC(=O)CNC(=O)/C(C(C)=Nc1ccc(Cl)c(Cl)c1)=C(\C)N)C(=O)OCC. The molecule has 0 aliphatic heterocycles. The number of allylic oxidation sites excluding steroid dienone is 1. The van der Waals surface area contributed by atoms with Crippen molar-refractivity contribution in [1.82, 2.24) is 10.6 Å². The van der Waals surface area contributed by atoms with E-state index in [1.165, 1.54) is 19.4 Å². The predicted molar refractivity (Wildman–Crippen MR) is 150 cm³/mol. The maximum absolute atomic E-state index is 12.7. The van der Waals surface area contributed by atoms with Crippen LogP contribution in [0.25, 0.3) is 0 Å². The minimum Gasteiger partial charge on any atom is -0.466 e. The molecule has 0 spiro atoms. The molecule has 12 heteroatoms. The number of aliphatic imine (C=N–C) groups is 1. The summed E-state index contributed by atoms with van der Waals surface area (Å²) in [5, 5.41) is 5.58. The third kappa shape index (κ3) is 13.4. The number of hydrogen-bond acceptors (Lipinski definition) is 8. The first-order valence-corrected chi connectivity index (χ1v) is 13.0. The van der Waals surface area contributed by atoms with Crippen molar-refractivity contribution in [1.29, 1.82) is 0 Å². The topological polar surface area (TPSA) is 149 Å². The molecule has 0 radical (unpaired) electrons. The van der Waals surface area contributed by atoms with Gasteiger partial charge in [0.05, 0.1) is 46.8 Å². The first-order chi connectivity index (χ1) is 17.9. The van der Waals surface area contributed by atoms with E-state index in [-0.39, 0.29) is 37.3 Å². The lowest BCUT2D eigenvalue weighted by molar-refractivity contribution is -0.148. The number of hydrogen-bond donors (Lipinski definition) is 3. The van der Waals surface area contributed by atoms with E-state index in [0.717, 1.165) is 0 Å². The molecule has 2 amide bonds. The molecule has 10 nitrogen and oxygen atoms in total. The summed E-state index contributed by atoms with van der Waals surface area (Å²) in [6, 6.07) is 3.65. The second kappa shape index (κ2) is 19.0. The second-order valence-corrected chi connectivity index (χ2v) is 8.77. The summed E-state index contributed by atoms with van der Waals surface area (Å²) < 4.78 is 9.78. The predicted octanol–water partition coefficient (Wildman–Crippen LogP) is 4.24. The van der Waals surface area contributed by atoms with Crippen LogP contribution in [-0.4, -0.2) is 55.3 Å². The van der Waals surface area contributed by atoms with Gasteiger partial charge in [0.25, 0.3) is 5.91 Å². The highest BCUT2D eigenvalue weighted by atomic mass is 35.5. The molecular weight excluding hydrogens is 535 g/mol. The van der Waals surface area contributed by atoms with Gasteiger partial charge in [-0.2, -0.15) is 0 Å². The highest BCUT2D eigenvalue weighted by molar-refractivity contribution is 6.42. The van der Waals surface area contributed by atoms with Crippen molar-refractivity contribution in [2.45, 2.75) is 66.8 Å². The fourth-order valence-electron chi connectivity index (χ4n) is 2.91. The summed E-state index contributed by atoms with van der Waals surface area (Å²) in [6.07, 6.45) is 1.15. The van der Waals surface area contributed by atoms with Crippen LogP contribution in [0, 0.1) is 0 Å². The largest absolute Gasteiger partial charge is 0.466 e. The molecule has 0 aromatic heterocycles. The molecule has 1 unspecified atom stereocenters. The van der Waals surface area contributed by atoms with Crippen molar-refractivity contribution >= 4 is 58.4 Å². The van der Waals surface area contributed by atoms with Gasteiger partial charge < -0.3 is 25.8 Å². The number of carbonyl (C=O) groups excluding carboxylic acids is 4. The van der Waals surface area contributed by atoms with Crippen molar-refractivity contribution in [3.05, 3.63) is 39.5 Å². The Kier molecular flexibility index (Phi) is 17.5. The van der Waals surface area contributed by atoms with Gasteiger partial charge in [-0.25, -0.2) is 4.79 Å². The van der Waals surface area contributed by atoms with Crippen LogP contribution in [-0.2, 0) is 28.7 Å². The molecule has 0 bridgehead atoms. The Hall–Kier alpha value is -3.11. The van der Waals surface area contributed by atoms with Gasteiger partial charge in [-0.3, -0.25) is 19.4 Å². The van der Waals surface area contributed by atoms with Crippen LogP contribution in [0.3, 0.4) is 0 Å². The number of ether oxygens (including phenoxy) is 2. The molecule has 0 aliphatic carbocycles. The molecule has 0 saturated heterocycles. The molecule has 1 aromatic carbocycles. The molecule has 4 N–H and O–H groups in total. The molecule has 0 fully saturated rings. The average Bonchev–Trinajstić information content (AvgIpc) is 2.83. The zero-order valence-corrected chi connectivity index (χ0v) is 24.3. The summed E-state index contributed by atoms with van der Waals surface area (Å²) >= 11 is 11.9. The van der Waals surface area contributed by atoms with Crippen molar-refractivity contribution in [3.63, 3.8) is 0 Å². The van der Waals surface area contributed by atoms with Crippen LogP contribution >= 0.6 is 23.2 Å². The number of nitrogens with zero attached hydrogens (tertiary/aromatic N) is 1. The molecule has 38 heavy (non-hydrogen) atoms. The fraction of sp³-hybridized carbons (Fsp3) is 0.500. The van der Waals surface area contributed by atoms with Gasteiger partial charge in [0.15, 0.2) is 0 Å². The third-order valence-electron chi connectivity index (χ3n) is 4.44.